The van der Waals surface area contributed by atoms with E-state index >= 15 is 0 Å². The van der Waals surface area contributed by atoms with E-state index in [-0.39, 0.29) is 11.7 Å². The predicted octanol–water partition coefficient (Wildman–Crippen LogP) is 2.92. The van der Waals surface area contributed by atoms with Gasteiger partial charge in [-0.1, -0.05) is 26.0 Å². The number of nitrogen functional groups attached to an aromatic ring is 1. The van der Waals surface area contributed by atoms with E-state index in [2.05, 4.69) is 10.2 Å². The van der Waals surface area contributed by atoms with Crippen molar-refractivity contribution in [1.82, 2.24) is 10.2 Å². The Morgan fingerprint density at radius 1 is 1.38 bits per heavy atom. The largest absolute Gasteiger partial charge is 0.382 e. The summed E-state index contributed by atoms with van der Waals surface area (Å²) in [5, 5.41) is 6.87. The van der Waals surface area contributed by atoms with Crippen LogP contribution in [0.15, 0.2) is 24.3 Å². The van der Waals surface area contributed by atoms with Crippen LogP contribution in [0.5, 0.6) is 0 Å². The van der Waals surface area contributed by atoms with Crippen LogP contribution in [0.2, 0.25) is 0 Å². The summed E-state index contributed by atoms with van der Waals surface area (Å²) < 4.78 is 13.2. The molecular weight excluding hydrogens is 205 g/mol. The number of H-pyrrole nitrogens is 1. The zero-order valence-electron chi connectivity index (χ0n) is 9.29. The van der Waals surface area contributed by atoms with E-state index in [0.29, 0.717) is 5.82 Å². The van der Waals surface area contributed by atoms with Crippen LogP contribution in [-0.4, -0.2) is 10.2 Å². The molecule has 0 radical (unpaired) electrons. The SMILES string of the molecule is CC(C)c1[nH]nc(N)c1-c1cccc(F)c1. The molecule has 0 unspecified atom stereocenters. The number of nitrogens with one attached hydrogen (secondary N) is 1. The van der Waals surface area contributed by atoms with Crippen LogP contribution in [0.25, 0.3) is 11.1 Å². The van der Waals surface area contributed by atoms with Gasteiger partial charge in [0.25, 0.3) is 0 Å². The molecule has 0 bridgehead atoms. The highest BCUT2D eigenvalue weighted by molar-refractivity contribution is 5.76. The summed E-state index contributed by atoms with van der Waals surface area (Å²) in [5.74, 6) is 0.408. The van der Waals surface area contributed by atoms with Gasteiger partial charge in [-0.05, 0) is 23.6 Å². The predicted molar refractivity (Wildman–Crippen MR) is 62.5 cm³/mol. The minimum Gasteiger partial charge on any atom is -0.382 e. The lowest BCUT2D eigenvalue weighted by Crippen LogP contribution is -1.93. The van der Waals surface area contributed by atoms with Crippen molar-refractivity contribution < 1.29 is 4.39 Å². The Bertz CT molecular complexity index is 503. The summed E-state index contributed by atoms with van der Waals surface area (Å²) in [5.41, 5.74) is 8.29. The third kappa shape index (κ3) is 1.78. The number of nitrogens with two attached hydrogens (primary N) is 1. The van der Waals surface area contributed by atoms with Crippen molar-refractivity contribution in [2.45, 2.75) is 19.8 Å². The maximum absolute atomic E-state index is 13.2. The number of aromatic amines is 1. The molecule has 3 N–H and O–H groups in total. The second kappa shape index (κ2) is 3.96. The van der Waals surface area contributed by atoms with Crippen molar-refractivity contribution in [3.63, 3.8) is 0 Å². The number of anilines is 1. The van der Waals surface area contributed by atoms with Gasteiger partial charge in [0.15, 0.2) is 5.82 Å². The van der Waals surface area contributed by atoms with Gasteiger partial charge in [-0.3, -0.25) is 5.10 Å². The molecule has 0 saturated carbocycles. The molecule has 3 nitrogen and oxygen atoms in total. The van der Waals surface area contributed by atoms with Crippen molar-refractivity contribution >= 4 is 5.82 Å². The normalized spacial score (nSPS) is 11.0. The van der Waals surface area contributed by atoms with E-state index in [9.17, 15) is 4.39 Å². The van der Waals surface area contributed by atoms with Gasteiger partial charge >= 0.3 is 0 Å². The Morgan fingerprint density at radius 2 is 2.12 bits per heavy atom. The van der Waals surface area contributed by atoms with Crippen LogP contribution in [0, 0.1) is 5.82 Å². The standard InChI is InChI=1S/C12H14FN3/c1-7(2)11-10(12(14)16-15-11)8-4-3-5-9(13)6-8/h3-7H,1-2H3,(H3,14,15,16). The van der Waals surface area contributed by atoms with Gasteiger partial charge in [-0.15, -0.1) is 0 Å². The Balaban J connectivity index is 2.59. The molecule has 16 heavy (non-hydrogen) atoms. The van der Waals surface area contributed by atoms with Crippen molar-refractivity contribution in [2.24, 2.45) is 0 Å². The van der Waals surface area contributed by atoms with Crippen LogP contribution in [-0.2, 0) is 0 Å². The van der Waals surface area contributed by atoms with E-state index in [0.717, 1.165) is 16.8 Å². The maximum atomic E-state index is 13.2. The third-order valence-electron chi connectivity index (χ3n) is 2.51. The van der Waals surface area contributed by atoms with Crippen molar-refractivity contribution in [2.75, 3.05) is 5.73 Å². The van der Waals surface area contributed by atoms with Gasteiger partial charge in [0.05, 0.1) is 0 Å². The molecule has 0 amide bonds. The molecule has 1 heterocycles. The summed E-state index contributed by atoms with van der Waals surface area (Å²) in [4.78, 5) is 0. The lowest BCUT2D eigenvalue weighted by atomic mass is 9.99. The molecule has 4 heteroatoms. The Kier molecular flexibility index (Phi) is 2.64. The second-order valence-electron chi connectivity index (χ2n) is 4.06. The highest BCUT2D eigenvalue weighted by Gasteiger charge is 2.15. The first kappa shape index (κ1) is 10.7. The van der Waals surface area contributed by atoms with Gasteiger partial charge in [0, 0.05) is 11.3 Å². The van der Waals surface area contributed by atoms with E-state index in [1.54, 1.807) is 6.07 Å². The third-order valence-corrected chi connectivity index (χ3v) is 2.51. The molecule has 0 aliphatic heterocycles. The molecule has 0 saturated heterocycles. The summed E-state index contributed by atoms with van der Waals surface area (Å²) in [7, 11) is 0. The Morgan fingerprint density at radius 3 is 2.75 bits per heavy atom. The number of aromatic nitrogens is 2. The summed E-state index contributed by atoms with van der Waals surface area (Å²) in [6.07, 6.45) is 0. The molecule has 1 aromatic carbocycles. The highest BCUT2D eigenvalue weighted by atomic mass is 19.1. The quantitative estimate of drug-likeness (QED) is 0.815. The molecule has 0 aliphatic carbocycles. The molecule has 0 atom stereocenters. The number of halogens is 1. The summed E-state index contributed by atoms with van der Waals surface area (Å²) >= 11 is 0. The fraction of sp³-hybridized carbons (Fsp3) is 0.250. The topological polar surface area (TPSA) is 54.7 Å². The summed E-state index contributed by atoms with van der Waals surface area (Å²) in [6.45, 7) is 4.07. The first-order valence-electron chi connectivity index (χ1n) is 5.19. The molecule has 2 rings (SSSR count). The number of rotatable bonds is 2. The molecule has 0 spiro atoms. The fourth-order valence-electron chi connectivity index (χ4n) is 1.74. The zero-order valence-corrected chi connectivity index (χ0v) is 9.29. The number of hydrogen-bond donors (Lipinski definition) is 2. The molecular formula is C12H14FN3. The van der Waals surface area contributed by atoms with Gasteiger partial charge < -0.3 is 5.73 Å². The first-order valence-corrected chi connectivity index (χ1v) is 5.19. The number of nitrogens with zero attached hydrogens (tertiary/aromatic N) is 1. The minimum atomic E-state index is -0.271. The monoisotopic (exact) mass is 219 g/mol. The van der Waals surface area contributed by atoms with Crippen LogP contribution in [0.1, 0.15) is 25.5 Å². The lowest BCUT2D eigenvalue weighted by molar-refractivity contribution is 0.628. The van der Waals surface area contributed by atoms with Gasteiger partial charge in [0.2, 0.25) is 0 Å². The van der Waals surface area contributed by atoms with E-state index in [4.69, 9.17) is 5.73 Å². The molecule has 0 fully saturated rings. The highest BCUT2D eigenvalue weighted by Crippen LogP contribution is 2.32. The van der Waals surface area contributed by atoms with Crippen molar-refractivity contribution in [3.05, 3.63) is 35.8 Å². The van der Waals surface area contributed by atoms with E-state index in [1.165, 1.54) is 12.1 Å². The smallest absolute Gasteiger partial charge is 0.153 e. The Labute approximate surface area is 93.5 Å². The van der Waals surface area contributed by atoms with Gasteiger partial charge in [0.1, 0.15) is 5.82 Å². The molecule has 84 valence electrons. The molecule has 0 aliphatic rings. The van der Waals surface area contributed by atoms with Crippen LogP contribution >= 0.6 is 0 Å². The van der Waals surface area contributed by atoms with Crippen molar-refractivity contribution in [3.8, 4) is 11.1 Å². The zero-order chi connectivity index (χ0) is 11.7. The minimum absolute atomic E-state index is 0.267. The summed E-state index contributed by atoms with van der Waals surface area (Å²) in [6, 6.07) is 6.37. The molecule has 1 aromatic heterocycles. The maximum Gasteiger partial charge on any atom is 0.153 e. The van der Waals surface area contributed by atoms with E-state index < -0.39 is 0 Å². The fourth-order valence-corrected chi connectivity index (χ4v) is 1.74. The van der Waals surface area contributed by atoms with E-state index in [1.807, 2.05) is 19.9 Å². The average molecular weight is 219 g/mol. The number of hydrogen-bond acceptors (Lipinski definition) is 2. The molecule has 2 aromatic rings. The van der Waals surface area contributed by atoms with Crippen LogP contribution < -0.4 is 5.73 Å². The van der Waals surface area contributed by atoms with Crippen molar-refractivity contribution in [1.29, 1.82) is 0 Å². The van der Waals surface area contributed by atoms with Gasteiger partial charge in [-0.25, -0.2) is 4.39 Å². The average Bonchev–Trinajstić information content (AvgIpc) is 2.60. The second-order valence-corrected chi connectivity index (χ2v) is 4.06. The lowest BCUT2D eigenvalue weighted by Gasteiger charge is -2.07. The first-order chi connectivity index (χ1) is 7.59. The van der Waals surface area contributed by atoms with Crippen LogP contribution in [0.4, 0.5) is 10.2 Å². The number of benzene rings is 1. The van der Waals surface area contributed by atoms with Gasteiger partial charge in [-0.2, -0.15) is 5.10 Å². The van der Waals surface area contributed by atoms with Crippen LogP contribution in [0.3, 0.4) is 0 Å². The Hall–Kier alpha value is -1.84.